The highest BCUT2D eigenvalue weighted by Gasteiger charge is 2.17. The van der Waals surface area contributed by atoms with Gasteiger partial charge in [0.1, 0.15) is 0 Å². The third-order valence-corrected chi connectivity index (χ3v) is 2.51. The topological polar surface area (TPSA) is 52.4 Å². The van der Waals surface area contributed by atoms with Gasteiger partial charge in [0.25, 0.3) is 0 Å². The van der Waals surface area contributed by atoms with Crippen LogP contribution in [0.2, 0.25) is 0 Å². The van der Waals surface area contributed by atoms with Crippen molar-refractivity contribution in [3.63, 3.8) is 0 Å². The Balaban J connectivity index is 2.58. The van der Waals surface area contributed by atoms with Crippen molar-refractivity contribution in [2.75, 3.05) is 6.61 Å². The molecule has 0 aromatic heterocycles. The molecule has 5 heteroatoms. The molecule has 0 N–H and O–H groups in total. The Morgan fingerprint density at radius 2 is 2.06 bits per heavy atom. The molecule has 0 radical (unpaired) electrons. The second kappa shape index (κ2) is 5.91. The van der Waals surface area contributed by atoms with E-state index in [9.17, 15) is 14.5 Å². The standard InChI is InChI=1S/C13H18FNO3/c1-13(2,3)7-8-18-9-10-5-4-6-11(12(10)14)15(16)17/h4-6H,7-9H2,1-3H3. The number of hydrogen-bond donors (Lipinski definition) is 0. The lowest BCUT2D eigenvalue weighted by Gasteiger charge is -2.17. The average Bonchev–Trinajstić information content (AvgIpc) is 2.24. The maximum atomic E-state index is 13.7. The Labute approximate surface area is 106 Å². The smallest absolute Gasteiger partial charge is 0.305 e. The van der Waals surface area contributed by atoms with Crippen LogP contribution in [-0.4, -0.2) is 11.5 Å². The zero-order valence-corrected chi connectivity index (χ0v) is 10.9. The maximum Gasteiger partial charge on any atom is 0.305 e. The Kier molecular flexibility index (Phi) is 4.78. The zero-order chi connectivity index (χ0) is 13.8. The molecule has 0 unspecified atom stereocenters. The lowest BCUT2D eigenvalue weighted by molar-refractivity contribution is -0.387. The highest BCUT2D eigenvalue weighted by atomic mass is 19.1. The molecule has 0 bridgehead atoms. The number of benzene rings is 1. The fourth-order valence-electron chi connectivity index (χ4n) is 1.38. The Hall–Kier alpha value is -1.49. The van der Waals surface area contributed by atoms with Crippen LogP contribution in [0, 0.1) is 21.3 Å². The van der Waals surface area contributed by atoms with Crippen molar-refractivity contribution in [1.29, 1.82) is 0 Å². The summed E-state index contributed by atoms with van der Waals surface area (Å²) < 4.78 is 19.0. The van der Waals surface area contributed by atoms with E-state index in [-0.39, 0.29) is 17.6 Å². The molecule has 4 nitrogen and oxygen atoms in total. The van der Waals surface area contributed by atoms with Crippen molar-refractivity contribution < 1.29 is 14.1 Å². The number of nitro groups is 1. The predicted octanol–water partition coefficient (Wildman–Crippen LogP) is 3.69. The third-order valence-electron chi connectivity index (χ3n) is 2.51. The van der Waals surface area contributed by atoms with Crippen LogP contribution < -0.4 is 0 Å². The summed E-state index contributed by atoms with van der Waals surface area (Å²) in [7, 11) is 0. The fourth-order valence-corrected chi connectivity index (χ4v) is 1.38. The van der Waals surface area contributed by atoms with Crippen LogP contribution >= 0.6 is 0 Å². The van der Waals surface area contributed by atoms with Crippen molar-refractivity contribution in [3.8, 4) is 0 Å². The molecule has 0 heterocycles. The molecule has 0 aliphatic carbocycles. The number of halogens is 1. The van der Waals surface area contributed by atoms with Crippen molar-refractivity contribution in [2.45, 2.75) is 33.8 Å². The average molecular weight is 255 g/mol. The molecule has 0 atom stereocenters. The van der Waals surface area contributed by atoms with E-state index >= 15 is 0 Å². The van der Waals surface area contributed by atoms with Crippen LogP contribution in [0.5, 0.6) is 0 Å². The van der Waals surface area contributed by atoms with Gasteiger partial charge in [0.2, 0.25) is 5.82 Å². The molecule has 0 spiro atoms. The van der Waals surface area contributed by atoms with Crippen molar-refractivity contribution in [1.82, 2.24) is 0 Å². The lowest BCUT2D eigenvalue weighted by atomic mass is 9.93. The van der Waals surface area contributed by atoms with Crippen LogP contribution in [0.1, 0.15) is 32.8 Å². The normalized spacial score (nSPS) is 11.6. The van der Waals surface area contributed by atoms with Crippen molar-refractivity contribution in [2.24, 2.45) is 5.41 Å². The number of nitro benzene ring substituents is 1. The first-order valence-electron chi connectivity index (χ1n) is 5.81. The second-order valence-corrected chi connectivity index (χ2v) is 5.37. The van der Waals surface area contributed by atoms with Gasteiger partial charge in [-0.25, -0.2) is 0 Å². The van der Waals surface area contributed by atoms with E-state index in [1.54, 1.807) is 0 Å². The van der Waals surface area contributed by atoms with E-state index in [1.165, 1.54) is 12.1 Å². The summed E-state index contributed by atoms with van der Waals surface area (Å²) in [6.07, 6.45) is 0.851. The summed E-state index contributed by atoms with van der Waals surface area (Å²) >= 11 is 0. The summed E-state index contributed by atoms with van der Waals surface area (Å²) in [5, 5.41) is 10.6. The molecule has 0 fully saturated rings. The van der Waals surface area contributed by atoms with Crippen LogP contribution in [-0.2, 0) is 11.3 Å². The fraction of sp³-hybridized carbons (Fsp3) is 0.538. The predicted molar refractivity (Wildman–Crippen MR) is 66.8 cm³/mol. The second-order valence-electron chi connectivity index (χ2n) is 5.37. The van der Waals surface area contributed by atoms with Gasteiger partial charge in [-0.05, 0) is 11.8 Å². The van der Waals surface area contributed by atoms with Crippen LogP contribution in [0.4, 0.5) is 10.1 Å². The molecule has 1 aromatic rings. The molecule has 18 heavy (non-hydrogen) atoms. The Morgan fingerprint density at radius 1 is 1.39 bits per heavy atom. The largest absolute Gasteiger partial charge is 0.377 e. The van der Waals surface area contributed by atoms with Gasteiger partial charge in [0, 0.05) is 18.2 Å². The van der Waals surface area contributed by atoms with E-state index in [4.69, 9.17) is 4.74 Å². The molecule has 0 saturated heterocycles. The first-order valence-corrected chi connectivity index (χ1v) is 5.81. The summed E-state index contributed by atoms with van der Waals surface area (Å²) in [4.78, 5) is 9.83. The molecular formula is C13H18FNO3. The SMILES string of the molecule is CC(C)(C)CCOCc1cccc([N+](=O)[O-])c1F. The van der Waals surface area contributed by atoms with Gasteiger partial charge < -0.3 is 4.74 Å². The van der Waals surface area contributed by atoms with E-state index in [0.29, 0.717) is 6.61 Å². The minimum atomic E-state index is -0.807. The highest BCUT2D eigenvalue weighted by Crippen LogP contribution is 2.22. The third kappa shape index (κ3) is 4.41. The molecule has 0 saturated carbocycles. The number of ether oxygens (including phenoxy) is 1. The monoisotopic (exact) mass is 255 g/mol. The number of rotatable bonds is 5. The van der Waals surface area contributed by atoms with Crippen LogP contribution in [0.3, 0.4) is 0 Å². The molecule has 100 valence electrons. The van der Waals surface area contributed by atoms with Gasteiger partial charge in [-0.2, -0.15) is 4.39 Å². The van der Waals surface area contributed by atoms with Crippen molar-refractivity contribution in [3.05, 3.63) is 39.7 Å². The lowest BCUT2D eigenvalue weighted by Crippen LogP contribution is -2.10. The molecule has 0 amide bonds. The summed E-state index contributed by atoms with van der Waals surface area (Å²) in [5.74, 6) is -0.807. The minimum Gasteiger partial charge on any atom is -0.377 e. The van der Waals surface area contributed by atoms with Crippen LogP contribution in [0.15, 0.2) is 18.2 Å². The van der Waals surface area contributed by atoms with E-state index < -0.39 is 16.4 Å². The molecular weight excluding hydrogens is 237 g/mol. The Bertz CT molecular complexity index is 427. The van der Waals surface area contributed by atoms with E-state index in [2.05, 4.69) is 20.8 Å². The Morgan fingerprint density at radius 3 is 2.61 bits per heavy atom. The molecule has 1 rings (SSSR count). The van der Waals surface area contributed by atoms with Gasteiger partial charge in [-0.1, -0.05) is 32.9 Å². The summed E-state index contributed by atoms with van der Waals surface area (Å²) in [5.41, 5.74) is -0.133. The summed E-state index contributed by atoms with van der Waals surface area (Å²) in [6.45, 7) is 6.83. The molecule has 1 aromatic carbocycles. The van der Waals surface area contributed by atoms with Crippen molar-refractivity contribution >= 4 is 5.69 Å². The zero-order valence-electron chi connectivity index (χ0n) is 10.9. The first-order chi connectivity index (χ1) is 8.31. The summed E-state index contributed by atoms with van der Waals surface area (Å²) in [6, 6.07) is 4.11. The quantitative estimate of drug-likeness (QED) is 0.458. The van der Waals surface area contributed by atoms with E-state index in [0.717, 1.165) is 12.5 Å². The van der Waals surface area contributed by atoms with Gasteiger partial charge in [0.05, 0.1) is 11.5 Å². The van der Waals surface area contributed by atoms with Gasteiger partial charge >= 0.3 is 5.69 Å². The molecule has 0 aliphatic heterocycles. The minimum absolute atomic E-state index is 0.0591. The number of hydrogen-bond acceptors (Lipinski definition) is 3. The van der Waals surface area contributed by atoms with Gasteiger partial charge in [-0.15, -0.1) is 0 Å². The van der Waals surface area contributed by atoms with Gasteiger partial charge in [-0.3, -0.25) is 10.1 Å². The van der Waals surface area contributed by atoms with Crippen LogP contribution in [0.25, 0.3) is 0 Å². The van der Waals surface area contributed by atoms with Gasteiger partial charge in [0.15, 0.2) is 0 Å². The number of nitrogens with zero attached hydrogens (tertiary/aromatic N) is 1. The maximum absolute atomic E-state index is 13.7. The van der Waals surface area contributed by atoms with E-state index in [1.807, 2.05) is 0 Å². The first kappa shape index (κ1) is 14.6. The highest BCUT2D eigenvalue weighted by molar-refractivity contribution is 5.36. The molecule has 0 aliphatic rings.